The van der Waals surface area contributed by atoms with Crippen molar-refractivity contribution >= 4 is 27.5 Å². The summed E-state index contributed by atoms with van der Waals surface area (Å²) in [5.41, 5.74) is 1.77. The van der Waals surface area contributed by atoms with Crippen LogP contribution < -0.4 is 14.4 Å². The van der Waals surface area contributed by atoms with E-state index in [1.807, 2.05) is 20.8 Å². The second kappa shape index (κ2) is 15.3. The van der Waals surface area contributed by atoms with Gasteiger partial charge in [0.2, 0.25) is 11.8 Å². The van der Waals surface area contributed by atoms with Crippen LogP contribution in [0, 0.1) is 12.7 Å². The Morgan fingerprint density at radius 1 is 0.929 bits per heavy atom. The lowest BCUT2D eigenvalue weighted by Gasteiger charge is -2.33. The lowest BCUT2D eigenvalue weighted by molar-refractivity contribution is -0.140. The minimum Gasteiger partial charge on any atom is -0.494 e. The summed E-state index contributed by atoms with van der Waals surface area (Å²) >= 11 is 0. The summed E-state index contributed by atoms with van der Waals surface area (Å²) in [4.78, 5) is 28.7. The minimum atomic E-state index is -4.18. The van der Waals surface area contributed by atoms with Crippen molar-refractivity contribution in [1.29, 1.82) is 0 Å². The molecular weight excluding hydrogens is 557 g/mol. The molecule has 0 aliphatic carbocycles. The van der Waals surface area contributed by atoms with Gasteiger partial charge < -0.3 is 15.0 Å². The zero-order valence-electron chi connectivity index (χ0n) is 24.7. The van der Waals surface area contributed by atoms with Gasteiger partial charge in [-0.15, -0.1) is 0 Å². The van der Waals surface area contributed by atoms with Crippen molar-refractivity contribution < 1.29 is 27.1 Å². The first-order valence-electron chi connectivity index (χ1n) is 14.2. The Morgan fingerprint density at radius 3 is 2.14 bits per heavy atom. The van der Waals surface area contributed by atoms with Gasteiger partial charge in [-0.1, -0.05) is 50.1 Å². The molecule has 226 valence electrons. The number of nitrogens with zero attached hydrogens (tertiary/aromatic N) is 2. The van der Waals surface area contributed by atoms with Crippen LogP contribution >= 0.6 is 0 Å². The lowest BCUT2D eigenvalue weighted by atomic mass is 10.1. The van der Waals surface area contributed by atoms with E-state index < -0.39 is 34.3 Å². The minimum absolute atomic E-state index is 0.000511. The fourth-order valence-corrected chi connectivity index (χ4v) is 5.87. The largest absolute Gasteiger partial charge is 0.494 e. The molecule has 0 aliphatic heterocycles. The maximum absolute atomic E-state index is 14.1. The molecule has 8 nitrogen and oxygen atoms in total. The van der Waals surface area contributed by atoms with E-state index in [0.29, 0.717) is 30.9 Å². The first kappa shape index (κ1) is 32.6. The number of halogens is 1. The Bertz CT molecular complexity index is 1410. The molecule has 0 bridgehead atoms. The van der Waals surface area contributed by atoms with Gasteiger partial charge in [-0.3, -0.25) is 13.9 Å². The van der Waals surface area contributed by atoms with Gasteiger partial charge in [0.15, 0.2) is 0 Å². The molecule has 0 aromatic heterocycles. The summed E-state index contributed by atoms with van der Waals surface area (Å²) in [6, 6.07) is 17.7. The van der Waals surface area contributed by atoms with Crippen LogP contribution in [0.4, 0.5) is 10.1 Å². The van der Waals surface area contributed by atoms with Gasteiger partial charge in [-0.05, 0) is 80.8 Å². The van der Waals surface area contributed by atoms with Gasteiger partial charge in [0.1, 0.15) is 24.2 Å². The summed E-state index contributed by atoms with van der Waals surface area (Å²) < 4.78 is 48.1. The molecule has 3 aromatic rings. The third-order valence-corrected chi connectivity index (χ3v) is 8.59. The van der Waals surface area contributed by atoms with Crippen LogP contribution in [0.1, 0.15) is 51.2 Å². The summed E-state index contributed by atoms with van der Waals surface area (Å²) in [5, 5.41) is 2.89. The van der Waals surface area contributed by atoms with E-state index in [0.717, 1.165) is 22.7 Å². The van der Waals surface area contributed by atoms with E-state index in [-0.39, 0.29) is 23.0 Å². The van der Waals surface area contributed by atoms with Gasteiger partial charge in [0, 0.05) is 13.1 Å². The Hall–Kier alpha value is -3.92. The zero-order chi connectivity index (χ0) is 30.7. The molecular formula is C32H40FN3O5S. The van der Waals surface area contributed by atoms with Crippen LogP contribution in [0.3, 0.4) is 0 Å². The van der Waals surface area contributed by atoms with Gasteiger partial charge in [-0.2, -0.15) is 0 Å². The normalized spacial score (nSPS) is 11.9. The summed E-state index contributed by atoms with van der Waals surface area (Å²) in [5.74, 6) is -0.753. The molecule has 0 unspecified atom stereocenters. The molecule has 2 amide bonds. The second-order valence-corrected chi connectivity index (χ2v) is 11.8. The average molecular weight is 598 g/mol. The number of unbranched alkanes of at least 4 members (excludes halogenated alkanes) is 1. The lowest BCUT2D eigenvalue weighted by Crippen LogP contribution is -2.52. The zero-order valence-corrected chi connectivity index (χ0v) is 25.5. The van der Waals surface area contributed by atoms with Crippen molar-refractivity contribution in [2.24, 2.45) is 0 Å². The van der Waals surface area contributed by atoms with Crippen molar-refractivity contribution in [2.45, 2.75) is 64.4 Å². The van der Waals surface area contributed by atoms with E-state index >= 15 is 0 Å². The monoisotopic (exact) mass is 597 g/mol. The summed E-state index contributed by atoms with van der Waals surface area (Å²) in [6.45, 7) is 7.86. The number of sulfonamides is 1. The Kier molecular flexibility index (Phi) is 11.9. The highest BCUT2D eigenvalue weighted by Crippen LogP contribution is 2.27. The molecule has 0 saturated heterocycles. The van der Waals surface area contributed by atoms with Crippen LogP contribution in [0.25, 0.3) is 0 Å². The van der Waals surface area contributed by atoms with E-state index in [9.17, 15) is 22.4 Å². The number of carbonyl (C=O) groups excluding carboxylic acids is 2. The van der Waals surface area contributed by atoms with Crippen LogP contribution in [0.15, 0.2) is 77.7 Å². The summed E-state index contributed by atoms with van der Waals surface area (Å²) in [6.07, 6.45) is 1.98. The molecule has 10 heteroatoms. The number of carbonyl (C=O) groups is 2. The fraction of sp³-hybridized carbons (Fsp3) is 0.375. The van der Waals surface area contributed by atoms with E-state index in [4.69, 9.17) is 4.74 Å². The highest BCUT2D eigenvalue weighted by molar-refractivity contribution is 7.92. The van der Waals surface area contributed by atoms with Crippen LogP contribution in [-0.2, 0) is 26.2 Å². The van der Waals surface area contributed by atoms with E-state index in [1.165, 1.54) is 29.2 Å². The maximum atomic E-state index is 14.1. The third kappa shape index (κ3) is 8.55. The first-order chi connectivity index (χ1) is 20.1. The molecule has 3 aromatic carbocycles. The number of benzene rings is 3. The Morgan fingerprint density at radius 2 is 1.57 bits per heavy atom. The first-order valence-corrected chi connectivity index (χ1v) is 15.7. The van der Waals surface area contributed by atoms with Crippen LogP contribution in [0.2, 0.25) is 0 Å². The molecule has 0 saturated carbocycles. The van der Waals surface area contributed by atoms with Crippen LogP contribution in [0.5, 0.6) is 5.75 Å². The van der Waals surface area contributed by atoms with Crippen LogP contribution in [-0.4, -0.2) is 50.9 Å². The van der Waals surface area contributed by atoms with Crippen molar-refractivity contribution in [2.75, 3.05) is 24.0 Å². The predicted molar refractivity (Wildman–Crippen MR) is 162 cm³/mol. The van der Waals surface area contributed by atoms with Crippen molar-refractivity contribution in [3.8, 4) is 5.75 Å². The molecule has 0 radical (unpaired) electrons. The molecule has 0 spiro atoms. The standard InChI is InChI=1S/C32H40FN3O5S/c1-5-8-21-34-32(38)30(6-2)35(22-25-11-13-26(33)14-12-25)31(37)23-36(27-15-17-28(18-16-27)41-7-3)42(39,40)29-19-9-24(4)10-20-29/h9-20,30H,5-8,21-23H2,1-4H3,(H,34,38)/t30-/m0/s1. The van der Waals surface area contributed by atoms with Crippen molar-refractivity contribution in [1.82, 2.24) is 10.2 Å². The number of nitrogens with one attached hydrogen (secondary N) is 1. The number of hydrogen-bond acceptors (Lipinski definition) is 5. The Labute approximate surface area is 248 Å². The number of amides is 2. The molecule has 0 heterocycles. The second-order valence-electron chi connectivity index (χ2n) is 9.97. The number of aryl methyl sites for hydroxylation is 1. The molecule has 0 fully saturated rings. The van der Waals surface area contributed by atoms with Gasteiger partial charge >= 0.3 is 0 Å². The SMILES string of the molecule is CCCCNC(=O)[C@H](CC)N(Cc1ccc(F)cc1)C(=O)CN(c1ccc(OCC)cc1)S(=O)(=O)c1ccc(C)cc1. The van der Waals surface area contributed by atoms with Gasteiger partial charge in [-0.25, -0.2) is 12.8 Å². The number of rotatable bonds is 15. The van der Waals surface area contributed by atoms with E-state index in [1.54, 1.807) is 55.5 Å². The molecule has 42 heavy (non-hydrogen) atoms. The smallest absolute Gasteiger partial charge is 0.264 e. The topological polar surface area (TPSA) is 96.0 Å². The predicted octanol–water partition coefficient (Wildman–Crippen LogP) is 5.45. The molecule has 3 rings (SSSR count). The number of anilines is 1. The highest BCUT2D eigenvalue weighted by atomic mass is 32.2. The molecule has 1 N–H and O–H groups in total. The maximum Gasteiger partial charge on any atom is 0.264 e. The van der Waals surface area contributed by atoms with E-state index in [2.05, 4.69) is 5.32 Å². The average Bonchev–Trinajstić information content (AvgIpc) is 2.97. The number of hydrogen-bond donors (Lipinski definition) is 1. The highest BCUT2D eigenvalue weighted by Gasteiger charge is 2.33. The van der Waals surface area contributed by atoms with Crippen molar-refractivity contribution in [3.05, 3.63) is 89.7 Å². The van der Waals surface area contributed by atoms with Gasteiger partial charge in [0.25, 0.3) is 10.0 Å². The third-order valence-electron chi connectivity index (χ3n) is 6.81. The quantitative estimate of drug-likeness (QED) is 0.235. The molecule has 0 aliphatic rings. The number of ether oxygens (including phenoxy) is 1. The van der Waals surface area contributed by atoms with Crippen molar-refractivity contribution in [3.63, 3.8) is 0 Å². The fourth-order valence-electron chi connectivity index (χ4n) is 4.45. The van der Waals surface area contributed by atoms with Gasteiger partial charge in [0.05, 0.1) is 17.2 Å². The molecule has 1 atom stereocenters. The Balaban J connectivity index is 2.03. The summed E-state index contributed by atoms with van der Waals surface area (Å²) in [7, 11) is -4.18.